The zero-order valence-electron chi connectivity index (χ0n) is 22.1. The Hall–Kier alpha value is -5.08. The second-order valence-corrected chi connectivity index (χ2v) is 9.63. The van der Waals surface area contributed by atoms with Crippen LogP contribution in [0.1, 0.15) is 5.56 Å². The highest BCUT2D eigenvalue weighted by atomic mass is 16.7. The highest BCUT2D eigenvalue weighted by molar-refractivity contribution is 5.88. The number of rotatable bonds is 7. The van der Waals surface area contributed by atoms with Crippen LogP contribution in [-0.4, -0.2) is 79.0 Å². The van der Waals surface area contributed by atoms with Gasteiger partial charge < -0.3 is 54.4 Å². The Morgan fingerprint density at radius 2 is 1.53 bits per heavy atom. The number of phenols is 4. The van der Waals surface area contributed by atoms with Gasteiger partial charge in [0.1, 0.15) is 52.3 Å². The Kier molecular flexibility index (Phi) is 8.23. The quantitative estimate of drug-likeness (QED) is 0.120. The normalized spacial score (nSPS) is 22.1. The maximum absolute atomic E-state index is 13.7. The molecule has 5 rings (SSSR count). The topological polar surface area (TPSA) is 217 Å². The number of esters is 1. The van der Waals surface area contributed by atoms with E-state index in [1.807, 2.05) is 0 Å². The summed E-state index contributed by atoms with van der Waals surface area (Å²) in [5.41, 5.74) is -0.422. The van der Waals surface area contributed by atoms with Crippen LogP contribution >= 0.6 is 0 Å². The van der Waals surface area contributed by atoms with Crippen LogP contribution in [0.4, 0.5) is 0 Å². The molecule has 1 aliphatic rings. The highest BCUT2D eigenvalue weighted by Crippen LogP contribution is 2.37. The first-order valence-corrected chi connectivity index (χ1v) is 12.8. The van der Waals surface area contributed by atoms with Gasteiger partial charge in [-0.05, 0) is 48.0 Å². The second kappa shape index (κ2) is 12.0. The number of carbonyl (C=O) groups is 1. The lowest BCUT2D eigenvalue weighted by Crippen LogP contribution is -2.61. The van der Waals surface area contributed by atoms with E-state index in [4.69, 9.17) is 18.6 Å². The van der Waals surface area contributed by atoms with E-state index >= 15 is 0 Å². The molecule has 0 saturated carbocycles. The van der Waals surface area contributed by atoms with Crippen LogP contribution in [0, 0.1) is 0 Å². The first-order chi connectivity index (χ1) is 20.5. The summed E-state index contributed by atoms with van der Waals surface area (Å²) in [7, 11) is 0. The lowest BCUT2D eigenvalue weighted by molar-refractivity contribution is -0.281. The predicted octanol–water partition coefficient (Wildman–Crippen LogP) is 1.73. The van der Waals surface area contributed by atoms with Crippen molar-refractivity contribution in [2.24, 2.45) is 0 Å². The van der Waals surface area contributed by atoms with Crippen LogP contribution in [0.2, 0.25) is 0 Å². The molecule has 13 nitrogen and oxygen atoms in total. The van der Waals surface area contributed by atoms with Crippen molar-refractivity contribution in [1.82, 2.24) is 0 Å². The van der Waals surface area contributed by atoms with E-state index in [0.29, 0.717) is 5.56 Å². The Morgan fingerprint density at radius 1 is 0.884 bits per heavy atom. The standard InChI is InChI=1S/C30H26O13/c31-13-21-24(37)26(39)29(42-22(36)10-3-14-1-6-16(32)7-2-14)30(41-21)43-28-25(38)23-19(35)11-18(34)12-20(23)40-27(28)15-4-8-17(33)9-5-15/h1-12,21,24,26,29-35,37,39H,13H2/b10-3+. The number of carbonyl (C=O) groups excluding carboxylic acids is 1. The fourth-order valence-electron chi connectivity index (χ4n) is 4.49. The number of benzene rings is 3. The number of hydrogen-bond acceptors (Lipinski definition) is 13. The van der Waals surface area contributed by atoms with Crippen LogP contribution in [0.15, 0.2) is 76.0 Å². The minimum Gasteiger partial charge on any atom is -0.508 e. The fourth-order valence-corrected chi connectivity index (χ4v) is 4.49. The van der Waals surface area contributed by atoms with E-state index in [9.17, 15) is 45.3 Å². The Labute approximate surface area is 242 Å². The zero-order chi connectivity index (χ0) is 30.8. The van der Waals surface area contributed by atoms with Gasteiger partial charge in [-0.2, -0.15) is 0 Å². The molecule has 1 aliphatic heterocycles. The van der Waals surface area contributed by atoms with Gasteiger partial charge >= 0.3 is 5.97 Å². The first-order valence-electron chi connectivity index (χ1n) is 12.8. The van der Waals surface area contributed by atoms with Crippen LogP contribution < -0.4 is 10.2 Å². The van der Waals surface area contributed by atoms with Crippen molar-refractivity contribution in [2.75, 3.05) is 6.61 Å². The molecule has 1 aromatic heterocycles. The van der Waals surface area contributed by atoms with Gasteiger partial charge in [0.2, 0.25) is 17.5 Å². The highest BCUT2D eigenvalue weighted by Gasteiger charge is 2.48. The number of hydrogen-bond donors (Lipinski definition) is 7. The second-order valence-electron chi connectivity index (χ2n) is 9.63. The van der Waals surface area contributed by atoms with Gasteiger partial charge in [-0.25, -0.2) is 4.79 Å². The number of aromatic hydroxyl groups is 4. The Balaban J connectivity index is 1.55. The SMILES string of the molecule is O=C(/C=C/c1ccc(O)cc1)OC1C(Oc2c(-c3ccc(O)cc3)oc3cc(O)cc(O)c3c2=O)OC(CO)C(O)C1O. The minimum absolute atomic E-state index is 0.0181. The van der Waals surface area contributed by atoms with Crippen molar-refractivity contribution in [2.45, 2.75) is 30.7 Å². The average Bonchev–Trinajstić information content (AvgIpc) is 2.97. The number of phenolic OH excluding ortho intramolecular Hbond substituents is 4. The molecular weight excluding hydrogens is 568 g/mol. The zero-order valence-corrected chi connectivity index (χ0v) is 22.1. The number of ether oxygens (including phenoxy) is 3. The molecule has 2 heterocycles. The summed E-state index contributed by atoms with van der Waals surface area (Å²) in [5, 5.41) is 70.2. The molecule has 0 bridgehead atoms. The third-order valence-corrected chi connectivity index (χ3v) is 6.66. The van der Waals surface area contributed by atoms with Crippen molar-refractivity contribution >= 4 is 23.0 Å². The van der Waals surface area contributed by atoms with Crippen LogP contribution in [-0.2, 0) is 14.3 Å². The Morgan fingerprint density at radius 3 is 2.19 bits per heavy atom. The molecule has 3 aromatic carbocycles. The summed E-state index contributed by atoms with van der Waals surface area (Å²) in [4.78, 5) is 26.4. The van der Waals surface area contributed by atoms with Crippen LogP contribution in [0.5, 0.6) is 28.7 Å². The molecule has 4 aromatic rings. The molecule has 5 unspecified atom stereocenters. The van der Waals surface area contributed by atoms with Crippen molar-refractivity contribution in [3.63, 3.8) is 0 Å². The van der Waals surface area contributed by atoms with Crippen LogP contribution in [0.3, 0.4) is 0 Å². The van der Waals surface area contributed by atoms with E-state index < -0.39 is 66.0 Å². The number of aliphatic hydroxyl groups excluding tert-OH is 3. The molecule has 0 spiro atoms. The van der Waals surface area contributed by atoms with Gasteiger partial charge in [-0.1, -0.05) is 12.1 Å². The van der Waals surface area contributed by atoms with Crippen molar-refractivity contribution < 1.29 is 59.2 Å². The van der Waals surface area contributed by atoms with E-state index in [-0.39, 0.29) is 33.8 Å². The van der Waals surface area contributed by atoms with E-state index in [1.165, 1.54) is 54.6 Å². The Bertz CT molecular complexity index is 1710. The fraction of sp³-hybridized carbons (Fsp3) is 0.200. The van der Waals surface area contributed by atoms with Gasteiger partial charge in [0, 0.05) is 23.8 Å². The van der Waals surface area contributed by atoms with Gasteiger partial charge in [0.25, 0.3) is 0 Å². The lowest BCUT2D eigenvalue weighted by Gasteiger charge is -2.41. The molecule has 7 N–H and O–H groups in total. The predicted molar refractivity (Wildman–Crippen MR) is 148 cm³/mol. The van der Waals surface area contributed by atoms with Crippen molar-refractivity contribution in [3.8, 4) is 40.1 Å². The van der Waals surface area contributed by atoms with Gasteiger partial charge in [-0.3, -0.25) is 4.79 Å². The largest absolute Gasteiger partial charge is 0.508 e. The summed E-state index contributed by atoms with van der Waals surface area (Å²) in [6, 6.07) is 13.2. The summed E-state index contributed by atoms with van der Waals surface area (Å²) >= 11 is 0. The molecule has 13 heteroatoms. The van der Waals surface area contributed by atoms with Gasteiger partial charge in [-0.15, -0.1) is 0 Å². The third-order valence-electron chi connectivity index (χ3n) is 6.66. The molecule has 1 saturated heterocycles. The molecule has 43 heavy (non-hydrogen) atoms. The summed E-state index contributed by atoms with van der Waals surface area (Å²) in [5.74, 6) is -2.94. The summed E-state index contributed by atoms with van der Waals surface area (Å²) in [6.07, 6.45) is -6.16. The molecule has 5 atom stereocenters. The van der Waals surface area contributed by atoms with Gasteiger partial charge in [0.05, 0.1) is 6.61 Å². The molecular formula is C30H26O13. The van der Waals surface area contributed by atoms with Crippen molar-refractivity contribution in [3.05, 3.63) is 82.5 Å². The van der Waals surface area contributed by atoms with E-state index in [1.54, 1.807) is 0 Å². The maximum atomic E-state index is 13.7. The summed E-state index contributed by atoms with van der Waals surface area (Å²) < 4.78 is 22.7. The molecule has 0 amide bonds. The minimum atomic E-state index is -1.85. The molecule has 224 valence electrons. The average molecular weight is 595 g/mol. The monoisotopic (exact) mass is 594 g/mol. The van der Waals surface area contributed by atoms with E-state index in [0.717, 1.165) is 18.2 Å². The van der Waals surface area contributed by atoms with Crippen molar-refractivity contribution in [1.29, 1.82) is 0 Å². The number of aliphatic hydroxyl groups is 3. The smallest absolute Gasteiger partial charge is 0.331 e. The molecule has 1 fully saturated rings. The summed E-state index contributed by atoms with van der Waals surface area (Å²) in [6.45, 7) is -0.781. The lowest BCUT2D eigenvalue weighted by atomic mass is 9.99. The van der Waals surface area contributed by atoms with Crippen LogP contribution in [0.25, 0.3) is 28.4 Å². The first kappa shape index (κ1) is 29.4. The third kappa shape index (κ3) is 6.10. The molecule has 0 radical (unpaired) electrons. The van der Waals surface area contributed by atoms with Gasteiger partial charge in [0.15, 0.2) is 11.9 Å². The molecule has 0 aliphatic carbocycles. The van der Waals surface area contributed by atoms with E-state index in [2.05, 4.69) is 0 Å². The number of fused-ring (bicyclic) bond motifs is 1. The maximum Gasteiger partial charge on any atom is 0.331 e.